The number of nitrogens with zero attached hydrogens (tertiary/aromatic N) is 1. The highest BCUT2D eigenvalue weighted by Crippen LogP contribution is 2.12. The van der Waals surface area contributed by atoms with Gasteiger partial charge in [-0.15, -0.1) is 0 Å². The second-order valence-corrected chi connectivity index (χ2v) is 16.2. The van der Waals surface area contributed by atoms with E-state index in [1.807, 2.05) is 33.3 Å². The molecule has 0 radical (unpaired) electrons. The highest BCUT2D eigenvalue weighted by molar-refractivity contribution is 5.72. The maximum absolute atomic E-state index is 12.8. The summed E-state index contributed by atoms with van der Waals surface area (Å²) in [7, 11) is 5.49. The highest BCUT2D eigenvalue weighted by atomic mass is 16.6. The average molecular weight is 861 g/mol. The quantitative estimate of drug-likeness (QED) is 0.0283. The first-order chi connectivity index (χ1) is 30.1. The Morgan fingerprint density at radius 3 is 1.32 bits per heavy atom. The van der Waals surface area contributed by atoms with Gasteiger partial charge < -0.3 is 23.8 Å². The predicted octanol–water partition coefficient (Wildman–Crippen LogP) is 13.4. The van der Waals surface area contributed by atoms with Gasteiger partial charge in [-0.3, -0.25) is 9.59 Å². The summed E-state index contributed by atoms with van der Waals surface area (Å²) in [6, 6.07) is -0.636. The molecule has 0 spiro atoms. The van der Waals surface area contributed by atoms with Crippen LogP contribution in [-0.4, -0.2) is 80.6 Å². The Morgan fingerprint density at radius 2 is 0.887 bits per heavy atom. The predicted molar refractivity (Wildman–Crippen MR) is 261 cm³/mol. The molecule has 0 aliphatic carbocycles. The molecule has 62 heavy (non-hydrogen) atoms. The van der Waals surface area contributed by atoms with Crippen LogP contribution in [0.2, 0.25) is 0 Å². The summed E-state index contributed by atoms with van der Waals surface area (Å²) in [5.41, 5.74) is 0. The zero-order chi connectivity index (χ0) is 45.6. The highest BCUT2D eigenvalue weighted by Gasteiger charge is 2.31. The van der Waals surface area contributed by atoms with Crippen LogP contribution in [0.3, 0.4) is 0 Å². The Labute approximate surface area is 378 Å². The zero-order valence-corrected chi connectivity index (χ0v) is 39.5. The van der Waals surface area contributed by atoms with Crippen LogP contribution in [0.4, 0.5) is 0 Å². The molecule has 348 valence electrons. The van der Waals surface area contributed by atoms with Crippen molar-refractivity contribution in [3.63, 3.8) is 0 Å². The zero-order valence-electron chi connectivity index (χ0n) is 39.5. The SMILES string of the molecule is CC/C=C/C/C=C/C/C=C/C/C=C/C/C=C/CCCCCCCCC(=O)OC(COCCC(C(=O)O)[N+](C)(C)C)COC(=O)CC/C=C/C/C=C/C/C=C/C/C=C/C/C=C/CC. The molecule has 0 heterocycles. The number of esters is 2. The maximum Gasteiger partial charge on any atom is 0.362 e. The average Bonchev–Trinajstić information content (AvgIpc) is 3.23. The third kappa shape index (κ3) is 41.1. The van der Waals surface area contributed by atoms with E-state index < -0.39 is 18.1 Å². The summed E-state index contributed by atoms with van der Waals surface area (Å²) in [5, 5.41) is 9.64. The summed E-state index contributed by atoms with van der Waals surface area (Å²) >= 11 is 0. The Morgan fingerprint density at radius 1 is 0.484 bits per heavy atom. The van der Waals surface area contributed by atoms with Crippen LogP contribution < -0.4 is 0 Å². The van der Waals surface area contributed by atoms with Gasteiger partial charge in [-0.05, 0) is 89.9 Å². The number of quaternary nitrogens is 1. The number of aliphatic carboxylic acids is 1. The molecule has 0 fully saturated rings. The number of carboxylic acids is 1. The summed E-state index contributed by atoms with van der Waals surface area (Å²) in [5.74, 6) is -1.61. The van der Waals surface area contributed by atoms with Crippen LogP contribution in [0, 0.1) is 0 Å². The molecule has 0 saturated heterocycles. The maximum atomic E-state index is 12.8. The molecular formula is C54H86NO7+. The van der Waals surface area contributed by atoms with Crippen LogP contribution in [0.5, 0.6) is 0 Å². The van der Waals surface area contributed by atoms with Crippen molar-refractivity contribution in [1.29, 1.82) is 0 Å². The lowest BCUT2D eigenvalue weighted by molar-refractivity contribution is -0.887. The van der Waals surface area contributed by atoms with Crippen molar-refractivity contribution in [3.8, 4) is 0 Å². The first kappa shape index (κ1) is 57.7. The topological polar surface area (TPSA) is 99.1 Å². The van der Waals surface area contributed by atoms with Crippen LogP contribution in [0.15, 0.2) is 122 Å². The van der Waals surface area contributed by atoms with E-state index in [4.69, 9.17) is 14.2 Å². The van der Waals surface area contributed by atoms with Gasteiger partial charge in [0, 0.05) is 19.3 Å². The fraction of sp³-hybridized carbons (Fsp3) is 0.574. The third-order valence-electron chi connectivity index (χ3n) is 9.62. The van der Waals surface area contributed by atoms with Gasteiger partial charge in [-0.1, -0.05) is 161 Å². The molecule has 2 unspecified atom stereocenters. The smallest absolute Gasteiger partial charge is 0.362 e. The van der Waals surface area contributed by atoms with E-state index in [9.17, 15) is 19.5 Å². The number of carboxylic acid groups (broad SMARTS) is 1. The number of hydrogen-bond donors (Lipinski definition) is 1. The standard InChI is InChI=1S/C54H85NO7/c1-6-8-10-12-14-16-18-20-22-24-25-26-27-28-29-31-33-35-37-39-41-43-45-53(57)62-50(48-60-47-46-51(54(58)59)55(3,4)5)49-61-52(56)44-42-40-38-36-34-32-30-23-21-19-17-15-13-11-9-7-2/h8-11,14-17,20-23,25-26,28-29,32,34,38,40,50-51H,6-7,12-13,18-19,24,27,30-31,33,35-37,39,41-49H2,1-5H3/p+1/b10-8+,11-9+,16-14+,17-15+,22-20+,23-21+,26-25+,29-28+,34-32+,40-38+. The Balaban J connectivity index is 4.45. The summed E-state index contributed by atoms with van der Waals surface area (Å²) < 4.78 is 17.2. The van der Waals surface area contributed by atoms with E-state index in [1.165, 1.54) is 6.42 Å². The van der Waals surface area contributed by atoms with Gasteiger partial charge in [0.1, 0.15) is 6.61 Å². The lowest BCUT2D eigenvalue weighted by Crippen LogP contribution is -2.50. The first-order valence-electron chi connectivity index (χ1n) is 23.6. The Kier molecular flexibility index (Phi) is 40.4. The van der Waals surface area contributed by atoms with Crippen molar-refractivity contribution in [3.05, 3.63) is 122 Å². The fourth-order valence-corrected chi connectivity index (χ4v) is 6.05. The van der Waals surface area contributed by atoms with Gasteiger partial charge >= 0.3 is 17.9 Å². The number of unbranched alkanes of at least 4 members (excludes halogenated alkanes) is 6. The van der Waals surface area contributed by atoms with E-state index in [2.05, 4.69) is 123 Å². The van der Waals surface area contributed by atoms with Crippen molar-refractivity contribution in [2.24, 2.45) is 0 Å². The minimum atomic E-state index is -0.893. The number of carbonyl (C=O) groups is 3. The monoisotopic (exact) mass is 861 g/mol. The minimum absolute atomic E-state index is 0.0230. The van der Waals surface area contributed by atoms with E-state index in [0.29, 0.717) is 12.8 Å². The lowest BCUT2D eigenvalue weighted by atomic mass is 10.1. The molecule has 1 N–H and O–H groups in total. The summed E-state index contributed by atoms with van der Waals surface area (Å²) in [4.78, 5) is 37.0. The molecule has 2 atom stereocenters. The number of hydrogen-bond acceptors (Lipinski definition) is 6. The molecule has 8 heteroatoms. The fourth-order valence-electron chi connectivity index (χ4n) is 6.05. The van der Waals surface area contributed by atoms with Gasteiger partial charge in [0.2, 0.25) is 0 Å². The van der Waals surface area contributed by atoms with Crippen molar-refractivity contribution >= 4 is 17.9 Å². The molecule has 0 aromatic rings. The summed E-state index contributed by atoms with van der Waals surface area (Å²) in [6.45, 7) is 4.39. The minimum Gasteiger partial charge on any atom is -0.477 e. The molecular weight excluding hydrogens is 775 g/mol. The molecule has 0 saturated carbocycles. The Bertz CT molecular complexity index is 1420. The van der Waals surface area contributed by atoms with Gasteiger partial charge in [0.05, 0.1) is 34.4 Å². The lowest BCUT2D eigenvalue weighted by Gasteiger charge is -2.31. The molecule has 0 aliphatic heterocycles. The Hall–Kier alpha value is -4.27. The van der Waals surface area contributed by atoms with E-state index in [-0.39, 0.29) is 49.1 Å². The van der Waals surface area contributed by atoms with E-state index in [1.54, 1.807) is 0 Å². The number of ether oxygens (including phenoxy) is 3. The number of rotatable bonds is 40. The van der Waals surface area contributed by atoms with Crippen molar-refractivity contribution in [2.45, 2.75) is 161 Å². The first-order valence-corrected chi connectivity index (χ1v) is 23.6. The van der Waals surface area contributed by atoms with Gasteiger partial charge in [-0.2, -0.15) is 0 Å². The van der Waals surface area contributed by atoms with Crippen LogP contribution in [0.1, 0.15) is 149 Å². The van der Waals surface area contributed by atoms with Gasteiger partial charge in [0.25, 0.3) is 0 Å². The second-order valence-electron chi connectivity index (χ2n) is 16.2. The van der Waals surface area contributed by atoms with Crippen molar-refractivity contribution in [1.82, 2.24) is 0 Å². The molecule has 0 aromatic heterocycles. The molecule has 0 aliphatic rings. The van der Waals surface area contributed by atoms with Gasteiger partial charge in [-0.25, -0.2) is 4.79 Å². The van der Waals surface area contributed by atoms with Crippen LogP contribution in [-0.2, 0) is 28.6 Å². The molecule has 0 amide bonds. The van der Waals surface area contributed by atoms with Crippen LogP contribution >= 0.6 is 0 Å². The molecule has 0 bridgehead atoms. The van der Waals surface area contributed by atoms with E-state index in [0.717, 1.165) is 103 Å². The largest absolute Gasteiger partial charge is 0.477 e. The summed E-state index contributed by atoms with van der Waals surface area (Å²) in [6.07, 6.45) is 61.2. The van der Waals surface area contributed by atoms with E-state index >= 15 is 0 Å². The molecule has 0 aromatic carbocycles. The van der Waals surface area contributed by atoms with Crippen molar-refractivity contribution in [2.75, 3.05) is 41.0 Å². The normalized spacial score (nSPS) is 14.0. The number of allylic oxidation sites excluding steroid dienone is 20. The third-order valence-corrected chi connectivity index (χ3v) is 9.62. The van der Waals surface area contributed by atoms with Gasteiger partial charge in [0.15, 0.2) is 12.1 Å². The van der Waals surface area contributed by atoms with Crippen LogP contribution in [0.25, 0.3) is 0 Å². The second kappa shape index (κ2) is 43.4. The number of likely N-dealkylation sites (N-methyl/N-ethyl adjacent to an activating group) is 1. The molecule has 8 nitrogen and oxygen atoms in total. The molecule has 0 rings (SSSR count). The number of carbonyl (C=O) groups excluding carboxylic acids is 2. The van der Waals surface area contributed by atoms with Crippen molar-refractivity contribution < 1.29 is 38.2 Å².